The van der Waals surface area contributed by atoms with E-state index in [2.05, 4.69) is 5.32 Å². The Hall–Kier alpha value is -5.17. The Balaban J connectivity index is 1.50. The Morgan fingerprint density at radius 2 is 1.36 bits per heavy atom. The van der Waals surface area contributed by atoms with Crippen LogP contribution in [-0.4, -0.2) is 43.8 Å². The number of rotatable bonds is 6. The summed E-state index contributed by atoms with van der Waals surface area (Å²) in [6, 6.07) is 27.4. The molecule has 1 amide bonds. The van der Waals surface area contributed by atoms with Crippen molar-refractivity contribution in [3.8, 4) is 11.5 Å². The first-order chi connectivity index (χ1) is 20.5. The number of ketones is 2. The summed E-state index contributed by atoms with van der Waals surface area (Å²) < 4.78 is 10.7. The highest BCUT2D eigenvalue weighted by atomic mass is 16.5. The number of fused-ring (bicyclic) bond motifs is 6. The highest BCUT2D eigenvalue weighted by Crippen LogP contribution is 2.58. The SMILES string of the molecule is COc1ccc(C(=O)[C@@H]2[C@H](C(=O)c3ccc(OC)cc3)N3c4ccccc4C=C[C@H]3[C@@]23C(=O)Nc2ccccc23)cc1. The van der Waals surface area contributed by atoms with E-state index in [9.17, 15) is 14.4 Å². The van der Waals surface area contributed by atoms with E-state index < -0.39 is 23.4 Å². The number of ether oxygens (including phenoxy) is 2. The predicted molar refractivity (Wildman–Crippen MR) is 160 cm³/mol. The molecule has 42 heavy (non-hydrogen) atoms. The fourth-order valence-electron chi connectivity index (χ4n) is 6.98. The molecule has 3 aliphatic heterocycles. The van der Waals surface area contributed by atoms with E-state index in [4.69, 9.17) is 9.47 Å². The van der Waals surface area contributed by atoms with Gasteiger partial charge in [-0.25, -0.2) is 0 Å². The Labute approximate surface area is 243 Å². The van der Waals surface area contributed by atoms with Crippen LogP contribution in [0.5, 0.6) is 11.5 Å². The maximum Gasteiger partial charge on any atom is 0.238 e. The highest BCUT2D eigenvalue weighted by molar-refractivity contribution is 6.18. The average molecular weight is 557 g/mol. The third-order valence-corrected chi connectivity index (χ3v) is 8.84. The Bertz CT molecular complexity index is 1760. The molecule has 0 bridgehead atoms. The summed E-state index contributed by atoms with van der Waals surface area (Å²) >= 11 is 0. The van der Waals surface area contributed by atoms with Crippen LogP contribution in [0, 0.1) is 5.92 Å². The number of nitrogens with zero attached hydrogens (tertiary/aromatic N) is 1. The number of para-hydroxylation sites is 2. The van der Waals surface area contributed by atoms with Crippen molar-refractivity contribution in [2.24, 2.45) is 5.92 Å². The lowest BCUT2D eigenvalue weighted by Crippen LogP contribution is -2.51. The van der Waals surface area contributed by atoms with Gasteiger partial charge in [0.1, 0.15) is 23.0 Å². The molecular weight excluding hydrogens is 528 g/mol. The van der Waals surface area contributed by atoms with Crippen LogP contribution in [0.25, 0.3) is 6.08 Å². The second kappa shape index (κ2) is 9.73. The number of carbonyl (C=O) groups is 3. The lowest BCUT2D eigenvalue weighted by atomic mass is 9.64. The van der Waals surface area contributed by atoms with Gasteiger partial charge in [-0.05, 0) is 71.8 Å². The van der Waals surface area contributed by atoms with E-state index in [1.54, 1.807) is 62.8 Å². The number of anilines is 2. The van der Waals surface area contributed by atoms with Crippen molar-refractivity contribution in [2.75, 3.05) is 24.4 Å². The number of hydrogen-bond acceptors (Lipinski definition) is 6. The van der Waals surface area contributed by atoms with Crippen LogP contribution in [0.3, 0.4) is 0 Å². The molecule has 0 radical (unpaired) electrons. The molecule has 1 fully saturated rings. The van der Waals surface area contributed by atoms with Crippen LogP contribution in [0.15, 0.2) is 103 Å². The van der Waals surface area contributed by atoms with Crippen molar-refractivity contribution in [3.63, 3.8) is 0 Å². The molecule has 0 aromatic heterocycles. The second-order valence-electron chi connectivity index (χ2n) is 10.7. The first-order valence-corrected chi connectivity index (χ1v) is 13.8. The molecule has 7 rings (SSSR count). The zero-order valence-corrected chi connectivity index (χ0v) is 23.1. The normalized spacial score (nSPS) is 23.1. The molecule has 3 heterocycles. The number of Topliss-reactive ketones (excluding diaryl/α,β-unsaturated/α-hetero) is 2. The quantitative estimate of drug-likeness (QED) is 0.313. The average Bonchev–Trinajstić information content (AvgIpc) is 3.52. The van der Waals surface area contributed by atoms with Gasteiger partial charge >= 0.3 is 0 Å². The number of amides is 1. The highest BCUT2D eigenvalue weighted by Gasteiger charge is 2.70. The fraction of sp³-hybridized carbons (Fsp3) is 0.171. The van der Waals surface area contributed by atoms with Gasteiger partial charge in [0.05, 0.1) is 26.2 Å². The maximum atomic E-state index is 14.8. The third-order valence-electron chi connectivity index (χ3n) is 8.84. The molecule has 1 N–H and O–H groups in total. The summed E-state index contributed by atoms with van der Waals surface area (Å²) in [4.78, 5) is 45.9. The molecule has 4 aromatic carbocycles. The summed E-state index contributed by atoms with van der Waals surface area (Å²) in [5.74, 6) is -0.625. The van der Waals surface area contributed by atoms with Gasteiger partial charge in [0.15, 0.2) is 11.6 Å². The van der Waals surface area contributed by atoms with Gasteiger partial charge in [-0.2, -0.15) is 0 Å². The van der Waals surface area contributed by atoms with Crippen molar-refractivity contribution < 1.29 is 23.9 Å². The molecule has 0 saturated carbocycles. The summed E-state index contributed by atoms with van der Waals surface area (Å²) in [6.07, 6.45) is 3.96. The largest absolute Gasteiger partial charge is 0.497 e. The van der Waals surface area contributed by atoms with Crippen LogP contribution >= 0.6 is 0 Å². The van der Waals surface area contributed by atoms with Gasteiger partial charge in [0.25, 0.3) is 0 Å². The molecule has 208 valence electrons. The van der Waals surface area contributed by atoms with E-state index in [1.807, 2.05) is 65.6 Å². The minimum absolute atomic E-state index is 0.242. The van der Waals surface area contributed by atoms with E-state index >= 15 is 0 Å². The zero-order valence-electron chi connectivity index (χ0n) is 23.1. The number of carbonyl (C=O) groups excluding carboxylic acids is 3. The van der Waals surface area contributed by atoms with Gasteiger partial charge in [-0.3, -0.25) is 14.4 Å². The van der Waals surface area contributed by atoms with Crippen molar-refractivity contribution in [2.45, 2.75) is 17.5 Å². The molecule has 4 aromatic rings. The van der Waals surface area contributed by atoms with Gasteiger partial charge in [0.2, 0.25) is 5.91 Å². The Morgan fingerprint density at radius 3 is 2.02 bits per heavy atom. The van der Waals surface area contributed by atoms with Crippen LogP contribution in [-0.2, 0) is 10.2 Å². The molecular formula is C35H28N2O5. The van der Waals surface area contributed by atoms with E-state index in [1.165, 1.54) is 0 Å². The molecule has 3 aliphatic rings. The zero-order chi connectivity index (χ0) is 29.0. The fourth-order valence-corrected chi connectivity index (χ4v) is 6.98. The molecule has 4 atom stereocenters. The topological polar surface area (TPSA) is 84.9 Å². The maximum absolute atomic E-state index is 14.8. The first kappa shape index (κ1) is 25.8. The number of hydrogen-bond donors (Lipinski definition) is 1. The van der Waals surface area contributed by atoms with Gasteiger partial charge in [-0.15, -0.1) is 0 Å². The predicted octanol–water partition coefficient (Wildman–Crippen LogP) is 5.56. The monoisotopic (exact) mass is 556 g/mol. The summed E-state index contributed by atoms with van der Waals surface area (Å²) in [5.41, 5.74) is 2.57. The second-order valence-corrected chi connectivity index (χ2v) is 10.7. The van der Waals surface area contributed by atoms with Crippen LogP contribution in [0.2, 0.25) is 0 Å². The Kier molecular flexibility index (Phi) is 5.97. The van der Waals surface area contributed by atoms with E-state index in [0.717, 1.165) is 11.3 Å². The van der Waals surface area contributed by atoms with Crippen LogP contribution < -0.4 is 19.7 Å². The van der Waals surface area contributed by atoms with Crippen molar-refractivity contribution in [1.29, 1.82) is 0 Å². The van der Waals surface area contributed by atoms with Crippen molar-refractivity contribution >= 4 is 34.9 Å². The van der Waals surface area contributed by atoms with E-state index in [0.29, 0.717) is 33.9 Å². The van der Waals surface area contributed by atoms with Crippen LogP contribution in [0.4, 0.5) is 11.4 Å². The van der Waals surface area contributed by atoms with Crippen molar-refractivity contribution in [1.82, 2.24) is 0 Å². The number of methoxy groups -OCH3 is 2. The Morgan fingerprint density at radius 1 is 0.762 bits per heavy atom. The molecule has 7 heteroatoms. The lowest BCUT2D eigenvalue weighted by molar-refractivity contribution is -0.121. The minimum atomic E-state index is -1.36. The third kappa shape index (κ3) is 3.56. The molecule has 0 unspecified atom stereocenters. The molecule has 0 aliphatic carbocycles. The first-order valence-electron chi connectivity index (χ1n) is 13.8. The van der Waals surface area contributed by atoms with Gasteiger partial charge in [0, 0.05) is 22.5 Å². The van der Waals surface area contributed by atoms with E-state index in [-0.39, 0.29) is 17.5 Å². The summed E-state index contributed by atoms with van der Waals surface area (Å²) in [6.45, 7) is 0. The van der Waals surface area contributed by atoms with Gasteiger partial charge < -0.3 is 19.7 Å². The molecule has 1 saturated heterocycles. The summed E-state index contributed by atoms with van der Waals surface area (Å²) in [5, 5.41) is 3.06. The molecule has 7 nitrogen and oxygen atoms in total. The smallest absolute Gasteiger partial charge is 0.238 e. The minimum Gasteiger partial charge on any atom is -0.497 e. The molecule has 1 spiro atoms. The standard InChI is InChI=1S/C35H28N2O5/c1-41-24-16-11-22(12-17-24)32(38)30-31(33(39)23-13-18-25(42-2)19-14-23)37-28-10-6-3-7-21(28)15-20-29(37)35(30)26-8-4-5-9-27(26)36-34(35)40/h3-20,29-31H,1-2H3,(H,36,40)/t29-,30-,31+,35+/m0/s1. The van der Waals surface area contributed by atoms with Gasteiger partial charge in [-0.1, -0.05) is 48.6 Å². The van der Waals surface area contributed by atoms with Crippen LogP contribution in [0.1, 0.15) is 31.8 Å². The summed E-state index contributed by atoms with van der Waals surface area (Å²) in [7, 11) is 3.13. The number of benzene rings is 4. The van der Waals surface area contributed by atoms with Crippen molar-refractivity contribution in [3.05, 3.63) is 125 Å². The number of nitrogens with one attached hydrogen (secondary N) is 1. The lowest BCUT2D eigenvalue weighted by Gasteiger charge is -2.37.